The van der Waals surface area contributed by atoms with E-state index in [0.29, 0.717) is 23.5 Å². The van der Waals surface area contributed by atoms with Crippen LogP contribution in [0.5, 0.6) is 5.75 Å². The Kier molecular flexibility index (Phi) is 7.07. The minimum absolute atomic E-state index is 0.0252. The van der Waals surface area contributed by atoms with E-state index < -0.39 is 5.41 Å². The lowest BCUT2D eigenvalue weighted by molar-refractivity contribution is -0.135. The molecule has 0 saturated carbocycles. The summed E-state index contributed by atoms with van der Waals surface area (Å²) in [6, 6.07) is 6.19. The van der Waals surface area contributed by atoms with Crippen molar-refractivity contribution in [3.63, 3.8) is 0 Å². The normalized spacial score (nSPS) is 19.2. The van der Waals surface area contributed by atoms with Crippen LogP contribution >= 0.6 is 0 Å². The van der Waals surface area contributed by atoms with Crippen LogP contribution in [0, 0.1) is 5.41 Å². The number of amides is 1. The number of nitrogens with zero attached hydrogens (tertiary/aromatic N) is 3. The van der Waals surface area contributed by atoms with Crippen LogP contribution < -0.4 is 4.74 Å². The predicted octanol–water partition coefficient (Wildman–Crippen LogP) is 5.23. The van der Waals surface area contributed by atoms with Crippen molar-refractivity contribution in [3.8, 4) is 5.75 Å². The molecule has 170 valence electrons. The fraction of sp³-hybridized carbons (Fsp3) is 0.640. The van der Waals surface area contributed by atoms with Crippen molar-refractivity contribution in [2.45, 2.75) is 91.8 Å². The number of carbonyl (C=O) groups is 2. The second-order valence-corrected chi connectivity index (χ2v) is 9.73. The summed E-state index contributed by atoms with van der Waals surface area (Å²) in [5.41, 5.74) is 0.636. The van der Waals surface area contributed by atoms with E-state index in [4.69, 9.17) is 4.74 Å². The molecule has 1 aliphatic heterocycles. The van der Waals surface area contributed by atoms with Gasteiger partial charge in [0.15, 0.2) is 5.78 Å². The van der Waals surface area contributed by atoms with Crippen molar-refractivity contribution >= 4 is 22.6 Å². The van der Waals surface area contributed by atoms with Gasteiger partial charge >= 0.3 is 0 Å². The van der Waals surface area contributed by atoms with Crippen molar-refractivity contribution in [2.24, 2.45) is 5.41 Å². The molecule has 3 rings (SSSR count). The van der Waals surface area contributed by atoms with Crippen LogP contribution in [0.1, 0.15) is 83.6 Å². The van der Waals surface area contributed by atoms with Gasteiger partial charge in [-0.3, -0.25) is 14.3 Å². The standard InChI is InChI=1S/C25H37N3O3/c1-7-9-17-11-12-18(10-8-2)28(17)22(29)16-27-21-15-19(31-6)13-14-20(21)23(26-27)24(30)25(3,4)5/h13-15,17-18H,7-12,16H2,1-6H3. The summed E-state index contributed by atoms with van der Waals surface area (Å²) in [7, 11) is 1.61. The summed E-state index contributed by atoms with van der Waals surface area (Å²) in [4.78, 5) is 28.7. The molecule has 0 aliphatic carbocycles. The fourth-order valence-corrected chi connectivity index (χ4v) is 4.74. The van der Waals surface area contributed by atoms with Crippen molar-refractivity contribution < 1.29 is 14.3 Å². The zero-order valence-corrected chi connectivity index (χ0v) is 19.9. The van der Waals surface area contributed by atoms with Crippen LogP contribution in [0.4, 0.5) is 0 Å². The summed E-state index contributed by atoms with van der Waals surface area (Å²) >= 11 is 0. The molecular formula is C25H37N3O3. The number of benzene rings is 1. The average Bonchev–Trinajstić information content (AvgIpc) is 3.28. The fourth-order valence-electron chi connectivity index (χ4n) is 4.74. The van der Waals surface area contributed by atoms with Crippen LogP contribution in [-0.2, 0) is 11.3 Å². The Hall–Kier alpha value is -2.37. The molecule has 1 aromatic carbocycles. The van der Waals surface area contributed by atoms with Gasteiger partial charge in [-0.2, -0.15) is 5.10 Å². The number of carbonyl (C=O) groups excluding carboxylic acids is 2. The maximum Gasteiger partial charge on any atom is 0.244 e. The number of hydrogen-bond acceptors (Lipinski definition) is 4. The zero-order valence-electron chi connectivity index (χ0n) is 19.9. The SMILES string of the molecule is CCCC1CCC(CCC)N1C(=O)Cn1nc(C(=O)C(C)(C)C)c2ccc(OC)cc21. The lowest BCUT2D eigenvalue weighted by Gasteiger charge is -2.30. The first-order valence-corrected chi connectivity index (χ1v) is 11.6. The molecule has 0 radical (unpaired) electrons. The molecule has 2 unspecified atom stereocenters. The van der Waals surface area contributed by atoms with Crippen molar-refractivity contribution in [1.82, 2.24) is 14.7 Å². The molecule has 31 heavy (non-hydrogen) atoms. The lowest BCUT2D eigenvalue weighted by atomic mass is 9.88. The first-order chi connectivity index (χ1) is 14.7. The van der Waals surface area contributed by atoms with Gasteiger partial charge in [-0.1, -0.05) is 47.5 Å². The maximum absolute atomic E-state index is 13.5. The van der Waals surface area contributed by atoms with E-state index in [1.54, 1.807) is 11.8 Å². The van der Waals surface area contributed by atoms with E-state index in [0.717, 1.165) is 49.4 Å². The molecule has 1 amide bonds. The van der Waals surface area contributed by atoms with Gasteiger partial charge in [0, 0.05) is 29.0 Å². The van der Waals surface area contributed by atoms with Gasteiger partial charge in [-0.15, -0.1) is 0 Å². The number of rotatable bonds is 8. The Morgan fingerprint density at radius 2 is 1.71 bits per heavy atom. The van der Waals surface area contributed by atoms with Gasteiger partial charge in [0.1, 0.15) is 18.0 Å². The number of aromatic nitrogens is 2. The smallest absolute Gasteiger partial charge is 0.244 e. The number of ketones is 1. The maximum atomic E-state index is 13.5. The molecule has 2 heterocycles. The summed E-state index contributed by atoms with van der Waals surface area (Å²) in [6.07, 6.45) is 6.36. The van der Waals surface area contributed by atoms with Crippen molar-refractivity contribution in [3.05, 3.63) is 23.9 Å². The average molecular weight is 428 g/mol. The highest BCUT2D eigenvalue weighted by molar-refractivity contribution is 6.08. The highest BCUT2D eigenvalue weighted by Crippen LogP contribution is 2.32. The Morgan fingerprint density at radius 3 is 2.23 bits per heavy atom. The highest BCUT2D eigenvalue weighted by Gasteiger charge is 2.36. The summed E-state index contributed by atoms with van der Waals surface area (Å²) in [6.45, 7) is 10.2. The minimum Gasteiger partial charge on any atom is -0.497 e. The van der Waals surface area contributed by atoms with Gasteiger partial charge in [-0.25, -0.2) is 0 Å². The molecule has 2 atom stereocenters. The van der Waals surface area contributed by atoms with E-state index in [2.05, 4.69) is 23.8 Å². The van der Waals surface area contributed by atoms with Crippen molar-refractivity contribution in [2.75, 3.05) is 7.11 Å². The monoisotopic (exact) mass is 427 g/mol. The third kappa shape index (κ3) is 4.78. The third-order valence-electron chi connectivity index (χ3n) is 6.29. The molecule has 6 heteroatoms. The molecular weight excluding hydrogens is 390 g/mol. The Bertz CT molecular complexity index is 927. The molecule has 0 N–H and O–H groups in total. The van der Waals surface area contributed by atoms with E-state index >= 15 is 0 Å². The van der Waals surface area contributed by atoms with Crippen LogP contribution in [0.2, 0.25) is 0 Å². The molecule has 1 fully saturated rings. The first kappa shape index (κ1) is 23.3. The van der Waals surface area contributed by atoms with E-state index in [-0.39, 0.29) is 18.2 Å². The lowest BCUT2D eigenvalue weighted by Crippen LogP contribution is -2.43. The molecule has 1 aromatic heterocycles. The van der Waals surface area contributed by atoms with Crippen LogP contribution in [-0.4, -0.2) is 45.6 Å². The van der Waals surface area contributed by atoms with Crippen LogP contribution in [0.25, 0.3) is 10.9 Å². The molecule has 0 spiro atoms. The topological polar surface area (TPSA) is 64.4 Å². The number of Topliss-reactive ketones (excluding diaryl/α,β-unsaturated/α-hetero) is 1. The van der Waals surface area contributed by atoms with Gasteiger partial charge in [-0.05, 0) is 37.8 Å². The zero-order chi connectivity index (χ0) is 22.8. The summed E-state index contributed by atoms with van der Waals surface area (Å²) in [5, 5.41) is 5.42. The third-order valence-corrected chi connectivity index (χ3v) is 6.29. The number of methoxy groups -OCH3 is 1. The van der Waals surface area contributed by atoms with E-state index in [9.17, 15) is 9.59 Å². The summed E-state index contributed by atoms with van der Waals surface area (Å²) < 4.78 is 7.09. The first-order valence-electron chi connectivity index (χ1n) is 11.6. The number of ether oxygens (including phenoxy) is 1. The van der Waals surface area contributed by atoms with Gasteiger partial charge in [0.05, 0.1) is 12.6 Å². The Balaban J connectivity index is 1.99. The Labute approximate surface area is 185 Å². The number of hydrogen-bond donors (Lipinski definition) is 0. The highest BCUT2D eigenvalue weighted by atomic mass is 16.5. The van der Waals surface area contributed by atoms with Gasteiger partial charge < -0.3 is 9.64 Å². The van der Waals surface area contributed by atoms with Gasteiger partial charge in [0.2, 0.25) is 5.91 Å². The largest absolute Gasteiger partial charge is 0.497 e. The second-order valence-electron chi connectivity index (χ2n) is 9.73. The van der Waals surface area contributed by atoms with Crippen LogP contribution in [0.3, 0.4) is 0 Å². The van der Waals surface area contributed by atoms with Crippen molar-refractivity contribution in [1.29, 1.82) is 0 Å². The minimum atomic E-state index is -0.552. The molecule has 6 nitrogen and oxygen atoms in total. The number of likely N-dealkylation sites (tertiary alicyclic amines) is 1. The second kappa shape index (κ2) is 9.41. The summed E-state index contributed by atoms with van der Waals surface area (Å²) in [5.74, 6) is 0.754. The van der Waals surface area contributed by atoms with Gasteiger partial charge in [0.25, 0.3) is 0 Å². The molecule has 2 aromatic rings. The quantitative estimate of drug-likeness (QED) is 0.541. The van der Waals surface area contributed by atoms with E-state index in [1.165, 1.54) is 0 Å². The number of fused-ring (bicyclic) bond motifs is 1. The predicted molar refractivity (Wildman–Crippen MR) is 124 cm³/mol. The van der Waals surface area contributed by atoms with E-state index in [1.807, 2.05) is 39.0 Å². The molecule has 0 bridgehead atoms. The molecule has 1 aliphatic rings. The molecule has 1 saturated heterocycles. The Morgan fingerprint density at radius 1 is 1.10 bits per heavy atom. The van der Waals surface area contributed by atoms with Crippen LogP contribution in [0.15, 0.2) is 18.2 Å².